The van der Waals surface area contributed by atoms with E-state index in [1.165, 1.54) is 64.2 Å². The van der Waals surface area contributed by atoms with E-state index >= 15 is 0 Å². The first-order chi connectivity index (χ1) is 13.7. The second-order valence-corrected chi connectivity index (χ2v) is 8.65. The lowest BCUT2D eigenvalue weighted by Gasteiger charge is -2.27. The number of benzene rings is 1. The molecule has 156 valence electrons. The number of guanidine groups is 1. The summed E-state index contributed by atoms with van der Waals surface area (Å²) >= 11 is 6.29. The number of aliphatic imine (C=N–C) groups is 1. The minimum Gasteiger partial charge on any atom is -0.491 e. The van der Waals surface area contributed by atoms with E-state index in [2.05, 4.69) is 17.6 Å². The predicted octanol–water partition coefficient (Wildman–Crippen LogP) is 6.54. The third-order valence-electron chi connectivity index (χ3n) is 5.78. The maximum atomic E-state index is 6.29. The SMILES string of the molecule is CCCCOc1ccc(Cl)cc1NC(=NC1CCCCC1)NC1CCCCC1. The van der Waals surface area contributed by atoms with Gasteiger partial charge in [0.25, 0.3) is 0 Å². The Morgan fingerprint density at radius 2 is 1.79 bits per heavy atom. The standard InChI is InChI=1S/C23H36ClN3O/c1-2-3-16-28-22-15-14-18(24)17-21(22)27-23(25-19-10-6-4-7-11-19)26-20-12-8-5-9-13-20/h14-15,17,19-20H,2-13,16H2,1H3,(H2,25,26,27). The monoisotopic (exact) mass is 405 g/mol. The van der Waals surface area contributed by atoms with Crippen LogP contribution in [0.15, 0.2) is 23.2 Å². The van der Waals surface area contributed by atoms with Crippen molar-refractivity contribution in [2.75, 3.05) is 11.9 Å². The number of halogens is 1. The van der Waals surface area contributed by atoms with Crippen molar-refractivity contribution in [1.82, 2.24) is 5.32 Å². The van der Waals surface area contributed by atoms with Crippen LogP contribution in [-0.4, -0.2) is 24.7 Å². The van der Waals surface area contributed by atoms with Crippen LogP contribution in [0, 0.1) is 0 Å². The van der Waals surface area contributed by atoms with Crippen molar-refractivity contribution in [2.45, 2.75) is 96.1 Å². The fraction of sp³-hybridized carbons (Fsp3) is 0.696. The van der Waals surface area contributed by atoms with Crippen LogP contribution in [0.25, 0.3) is 0 Å². The number of unbranched alkanes of at least 4 members (excludes halogenated alkanes) is 1. The van der Waals surface area contributed by atoms with Gasteiger partial charge in [0.15, 0.2) is 5.96 Å². The first-order valence-electron chi connectivity index (χ1n) is 11.3. The first kappa shape index (κ1) is 21.3. The van der Waals surface area contributed by atoms with E-state index in [4.69, 9.17) is 21.3 Å². The van der Waals surface area contributed by atoms with E-state index in [1.54, 1.807) is 0 Å². The van der Waals surface area contributed by atoms with Gasteiger partial charge in [0.2, 0.25) is 0 Å². The largest absolute Gasteiger partial charge is 0.491 e. The molecule has 2 N–H and O–H groups in total. The van der Waals surface area contributed by atoms with Gasteiger partial charge in [-0.25, -0.2) is 4.99 Å². The summed E-state index contributed by atoms with van der Waals surface area (Å²) in [4.78, 5) is 5.09. The van der Waals surface area contributed by atoms with E-state index in [-0.39, 0.29) is 0 Å². The van der Waals surface area contributed by atoms with Gasteiger partial charge < -0.3 is 15.4 Å². The van der Waals surface area contributed by atoms with Gasteiger partial charge in [-0.1, -0.05) is 63.5 Å². The zero-order chi connectivity index (χ0) is 19.6. The molecule has 28 heavy (non-hydrogen) atoms. The van der Waals surface area contributed by atoms with Crippen molar-refractivity contribution >= 4 is 23.2 Å². The van der Waals surface area contributed by atoms with Crippen LogP contribution in [0.1, 0.15) is 84.0 Å². The molecular formula is C23H36ClN3O. The number of hydrogen-bond donors (Lipinski definition) is 2. The van der Waals surface area contributed by atoms with Crippen LogP contribution < -0.4 is 15.4 Å². The van der Waals surface area contributed by atoms with E-state index in [0.29, 0.717) is 17.1 Å². The molecule has 4 nitrogen and oxygen atoms in total. The molecule has 2 aliphatic rings. The van der Waals surface area contributed by atoms with Gasteiger partial charge in [-0.3, -0.25) is 0 Å². The summed E-state index contributed by atoms with van der Waals surface area (Å²) in [7, 11) is 0. The molecule has 0 aliphatic heterocycles. The molecular weight excluding hydrogens is 370 g/mol. The number of hydrogen-bond acceptors (Lipinski definition) is 2. The topological polar surface area (TPSA) is 45.6 Å². The molecule has 0 aromatic heterocycles. The zero-order valence-electron chi connectivity index (χ0n) is 17.3. The minimum atomic E-state index is 0.413. The highest BCUT2D eigenvalue weighted by Crippen LogP contribution is 2.29. The maximum absolute atomic E-state index is 6.29. The van der Waals surface area contributed by atoms with E-state index < -0.39 is 0 Å². The molecule has 0 spiro atoms. The number of nitrogens with zero attached hydrogens (tertiary/aromatic N) is 1. The van der Waals surface area contributed by atoms with Crippen LogP contribution in [-0.2, 0) is 0 Å². The molecule has 0 atom stereocenters. The van der Waals surface area contributed by atoms with Crippen molar-refractivity contribution in [3.8, 4) is 5.75 Å². The molecule has 0 amide bonds. The fourth-order valence-corrected chi connectivity index (χ4v) is 4.29. The van der Waals surface area contributed by atoms with E-state index in [1.807, 2.05) is 18.2 Å². The molecule has 2 aliphatic carbocycles. The lowest BCUT2D eigenvalue weighted by atomic mass is 9.95. The molecule has 0 radical (unpaired) electrons. The Bertz CT molecular complexity index is 622. The van der Waals surface area contributed by atoms with Gasteiger partial charge in [0, 0.05) is 11.1 Å². The summed E-state index contributed by atoms with van der Waals surface area (Å²) in [5.74, 6) is 1.74. The quantitative estimate of drug-likeness (QED) is 0.307. The molecule has 3 rings (SSSR count). The van der Waals surface area contributed by atoms with Crippen molar-refractivity contribution in [3.63, 3.8) is 0 Å². The molecule has 2 saturated carbocycles. The number of rotatable bonds is 7. The summed E-state index contributed by atoms with van der Waals surface area (Å²) in [5.41, 5.74) is 0.904. The van der Waals surface area contributed by atoms with E-state index in [0.717, 1.165) is 36.8 Å². The number of nitrogens with one attached hydrogen (secondary N) is 2. The summed E-state index contributed by atoms with van der Waals surface area (Å²) in [5, 5.41) is 7.95. The Hall–Kier alpha value is -1.42. The molecule has 2 fully saturated rings. The van der Waals surface area contributed by atoms with Gasteiger partial charge in [-0.05, 0) is 50.3 Å². The summed E-state index contributed by atoms with van der Waals surface area (Å²) in [6, 6.07) is 6.71. The Morgan fingerprint density at radius 3 is 2.50 bits per heavy atom. The van der Waals surface area contributed by atoms with Crippen LogP contribution in [0.4, 0.5) is 5.69 Å². The summed E-state index contributed by atoms with van der Waals surface area (Å²) < 4.78 is 6.01. The maximum Gasteiger partial charge on any atom is 0.196 e. The van der Waals surface area contributed by atoms with Crippen molar-refractivity contribution in [2.24, 2.45) is 4.99 Å². The third-order valence-corrected chi connectivity index (χ3v) is 6.02. The zero-order valence-corrected chi connectivity index (χ0v) is 18.1. The van der Waals surface area contributed by atoms with Crippen LogP contribution >= 0.6 is 11.6 Å². The van der Waals surface area contributed by atoms with Gasteiger partial charge in [0.05, 0.1) is 18.3 Å². The van der Waals surface area contributed by atoms with Crippen LogP contribution in [0.3, 0.4) is 0 Å². The molecule has 0 saturated heterocycles. The Balaban J connectivity index is 1.75. The first-order valence-corrected chi connectivity index (χ1v) is 11.7. The minimum absolute atomic E-state index is 0.413. The van der Waals surface area contributed by atoms with Gasteiger partial charge in [-0.2, -0.15) is 0 Å². The molecule has 1 aromatic carbocycles. The molecule has 0 bridgehead atoms. The lowest BCUT2D eigenvalue weighted by molar-refractivity contribution is 0.311. The van der Waals surface area contributed by atoms with Crippen LogP contribution in [0.5, 0.6) is 5.75 Å². The van der Waals surface area contributed by atoms with Gasteiger partial charge in [0.1, 0.15) is 5.75 Å². The Kier molecular flexibility index (Phi) is 8.78. The average Bonchev–Trinajstić information content (AvgIpc) is 2.71. The Morgan fingerprint density at radius 1 is 1.07 bits per heavy atom. The fourth-order valence-electron chi connectivity index (χ4n) is 4.12. The second kappa shape index (κ2) is 11.5. The summed E-state index contributed by atoms with van der Waals surface area (Å²) in [6.45, 7) is 2.89. The molecule has 1 aromatic rings. The molecule has 0 heterocycles. The van der Waals surface area contributed by atoms with Gasteiger partial charge >= 0.3 is 0 Å². The third kappa shape index (κ3) is 6.88. The highest BCUT2D eigenvalue weighted by Gasteiger charge is 2.19. The van der Waals surface area contributed by atoms with E-state index in [9.17, 15) is 0 Å². The average molecular weight is 406 g/mol. The highest BCUT2D eigenvalue weighted by molar-refractivity contribution is 6.31. The summed E-state index contributed by atoms with van der Waals surface area (Å²) in [6.07, 6.45) is 14.9. The Labute approximate surface area is 175 Å². The van der Waals surface area contributed by atoms with Crippen LogP contribution in [0.2, 0.25) is 5.02 Å². The molecule has 0 unspecified atom stereocenters. The lowest BCUT2D eigenvalue weighted by Crippen LogP contribution is -2.41. The van der Waals surface area contributed by atoms with Gasteiger partial charge in [-0.15, -0.1) is 0 Å². The smallest absolute Gasteiger partial charge is 0.196 e. The second-order valence-electron chi connectivity index (χ2n) is 8.22. The number of ether oxygens (including phenoxy) is 1. The van der Waals surface area contributed by atoms with Crippen molar-refractivity contribution < 1.29 is 4.74 Å². The normalized spacial score (nSPS) is 19.4. The van der Waals surface area contributed by atoms with Crippen molar-refractivity contribution in [3.05, 3.63) is 23.2 Å². The van der Waals surface area contributed by atoms with Crippen molar-refractivity contribution in [1.29, 1.82) is 0 Å². The highest BCUT2D eigenvalue weighted by atomic mass is 35.5. The molecule has 5 heteroatoms. The predicted molar refractivity (Wildman–Crippen MR) is 120 cm³/mol. The number of anilines is 1.